The number of rotatable bonds is 8. The number of hydrogen-bond donors (Lipinski definition) is 5. The number of amidine groups is 1. The van der Waals surface area contributed by atoms with Crippen molar-refractivity contribution < 1.29 is 28.5 Å². The maximum atomic E-state index is 14.4. The number of amides is 1. The molecular weight excluding hydrogens is 530 g/mol. The number of aliphatic hydroxyl groups excluding tert-OH is 1. The van der Waals surface area contributed by atoms with Crippen molar-refractivity contribution in [2.24, 2.45) is 4.40 Å². The Morgan fingerprint density at radius 2 is 1.73 bits per heavy atom. The molecule has 0 bridgehead atoms. The van der Waals surface area contributed by atoms with Crippen LogP contribution >= 0.6 is 10.8 Å². The molecule has 2 aromatic rings. The first-order valence-electron chi connectivity index (χ1n) is 13.7. The first-order valence-corrected chi connectivity index (χ1v) is 15.2. The van der Waals surface area contributed by atoms with Crippen LogP contribution in [0.1, 0.15) is 84.3 Å². The lowest BCUT2D eigenvalue weighted by Crippen LogP contribution is -2.44. The van der Waals surface area contributed by atoms with Crippen molar-refractivity contribution in [3.63, 3.8) is 0 Å². The Bertz CT molecular complexity index is 1370. The molecule has 2 aliphatic rings. The fourth-order valence-electron chi connectivity index (χ4n) is 5.30. The summed E-state index contributed by atoms with van der Waals surface area (Å²) in [6, 6.07) is 11.9. The molecule has 0 spiro atoms. The SMILES string of the molecule is CCCCC1(CCCC)C(=O)C(C2=NS(O)(O)c3cc(NC(=O)OC(C)(C)C)ccc3N2)=C(O)c2ccccc21. The standard InChI is InChI=1S/C30H39N3O6S/c1-6-8-16-30(17-9-7-2)21-13-11-10-12-20(21)25(34)24(26(30)35)27-32-22-15-14-19(18-23(22)40(37,38)33-27)31-28(36)39-29(3,4)5/h10-15,18,34,37-38H,6-9,16-17H2,1-5H3,(H,31,36)(H,32,33). The maximum Gasteiger partial charge on any atom is 0.412 e. The summed E-state index contributed by atoms with van der Waals surface area (Å²) < 4.78 is 31.7. The molecule has 1 aliphatic carbocycles. The van der Waals surface area contributed by atoms with Crippen LogP contribution in [0.15, 0.2) is 57.3 Å². The van der Waals surface area contributed by atoms with E-state index in [2.05, 4.69) is 28.9 Å². The van der Waals surface area contributed by atoms with Crippen LogP contribution in [-0.2, 0) is 14.9 Å². The van der Waals surface area contributed by atoms with E-state index < -0.39 is 27.9 Å². The van der Waals surface area contributed by atoms with E-state index in [1.54, 1.807) is 39.0 Å². The Morgan fingerprint density at radius 1 is 1.07 bits per heavy atom. The number of unbranched alkanes of at least 4 members (excludes halogenated alkanes) is 2. The molecule has 0 fully saturated rings. The van der Waals surface area contributed by atoms with E-state index in [0.717, 1.165) is 31.2 Å². The predicted molar refractivity (Wildman–Crippen MR) is 160 cm³/mol. The molecule has 0 unspecified atom stereocenters. The molecule has 0 aromatic heterocycles. The molecule has 9 nitrogen and oxygen atoms in total. The Hall–Kier alpha value is -3.34. The summed E-state index contributed by atoms with van der Waals surface area (Å²) in [5, 5.41) is 17.0. The van der Waals surface area contributed by atoms with Gasteiger partial charge >= 0.3 is 6.09 Å². The van der Waals surface area contributed by atoms with Crippen LogP contribution in [-0.4, -0.2) is 37.5 Å². The molecule has 0 saturated carbocycles. The zero-order chi connectivity index (χ0) is 29.3. The predicted octanol–water partition coefficient (Wildman–Crippen LogP) is 8.05. The van der Waals surface area contributed by atoms with E-state index in [9.17, 15) is 23.8 Å². The number of nitrogens with one attached hydrogen (secondary N) is 2. The van der Waals surface area contributed by atoms with Crippen molar-refractivity contribution in [2.75, 3.05) is 10.6 Å². The number of carbonyl (C=O) groups is 2. The number of nitrogens with zero attached hydrogens (tertiary/aromatic N) is 1. The minimum atomic E-state index is -3.79. The second kappa shape index (κ2) is 11.3. The van der Waals surface area contributed by atoms with E-state index in [0.29, 0.717) is 24.1 Å². The summed E-state index contributed by atoms with van der Waals surface area (Å²) in [5.74, 6) is -0.606. The molecule has 0 radical (unpaired) electrons. The summed E-state index contributed by atoms with van der Waals surface area (Å²) in [6.07, 6.45) is 3.98. The number of aliphatic hydroxyl groups is 1. The number of hydrogen-bond acceptors (Lipinski definition) is 8. The average Bonchev–Trinajstić information content (AvgIpc) is 2.87. The van der Waals surface area contributed by atoms with Gasteiger partial charge in [-0.3, -0.25) is 19.2 Å². The molecule has 10 heteroatoms. The molecule has 0 saturated heterocycles. The van der Waals surface area contributed by atoms with Crippen LogP contribution in [0, 0.1) is 0 Å². The van der Waals surface area contributed by atoms with Crippen molar-refractivity contribution in [1.82, 2.24) is 0 Å². The average molecular weight is 570 g/mol. The van der Waals surface area contributed by atoms with Gasteiger partial charge in [0.05, 0.1) is 11.1 Å². The second-order valence-electron chi connectivity index (χ2n) is 11.3. The topological polar surface area (TPSA) is 140 Å². The molecule has 0 atom stereocenters. The van der Waals surface area contributed by atoms with Gasteiger partial charge in [-0.15, -0.1) is 4.40 Å². The molecule has 1 heterocycles. The van der Waals surface area contributed by atoms with Crippen LogP contribution in [0.4, 0.5) is 16.2 Å². The second-order valence-corrected chi connectivity index (χ2v) is 13.0. The highest BCUT2D eigenvalue weighted by Gasteiger charge is 2.48. The van der Waals surface area contributed by atoms with Crippen molar-refractivity contribution in [3.8, 4) is 0 Å². The third-order valence-electron chi connectivity index (χ3n) is 7.14. The van der Waals surface area contributed by atoms with Gasteiger partial charge < -0.3 is 15.2 Å². The van der Waals surface area contributed by atoms with E-state index in [-0.39, 0.29) is 33.5 Å². The Labute approximate surface area is 237 Å². The summed E-state index contributed by atoms with van der Waals surface area (Å²) >= 11 is 0. The summed E-state index contributed by atoms with van der Waals surface area (Å²) in [5.41, 5.74) is 0.325. The smallest absolute Gasteiger partial charge is 0.412 e. The van der Waals surface area contributed by atoms with Gasteiger partial charge in [-0.25, -0.2) is 4.79 Å². The van der Waals surface area contributed by atoms with Crippen molar-refractivity contribution in [2.45, 2.75) is 89.1 Å². The lowest BCUT2D eigenvalue weighted by atomic mass is 9.63. The largest absolute Gasteiger partial charge is 0.506 e. The lowest BCUT2D eigenvalue weighted by molar-refractivity contribution is -0.121. The molecule has 40 heavy (non-hydrogen) atoms. The Morgan fingerprint density at radius 3 is 2.35 bits per heavy atom. The normalized spacial score (nSPS) is 18.2. The first-order chi connectivity index (χ1) is 18.8. The number of Topliss-reactive ketones (excluding diaryl/α,β-unsaturated/α-hetero) is 1. The number of carbonyl (C=O) groups excluding carboxylic acids is 2. The number of ketones is 1. The number of benzene rings is 2. The van der Waals surface area contributed by atoms with Crippen LogP contribution in [0.5, 0.6) is 0 Å². The highest BCUT2D eigenvalue weighted by Crippen LogP contribution is 2.57. The number of fused-ring (bicyclic) bond motifs is 2. The fourth-order valence-corrected chi connectivity index (χ4v) is 6.48. The monoisotopic (exact) mass is 569 g/mol. The minimum absolute atomic E-state index is 0.0486. The molecular formula is C30H39N3O6S. The third-order valence-corrected chi connectivity index (χ3v) is 8.51. The molecule has 1 aliphatic heterocycles. The zero-order valence-corrected chi connectivity index (χ0v) is 24.5. The van der Waals surface area contributed by atoms with Gasteiger partial charge in [0, 0.05) is 11.3 Å². The third kappa shape index (κ3) is 5.75. The van der Waals surface area contributed by atoms with Crippen molar-refractivity contribution >= 4 is 45.6 Å². The summed E-state index contributed by atoms with van der Waals surface area (Å²) in [6.45, 7) is 9.37. The van der Waals surface area contributed by atoms with E-state index in [1.165, 1.54) is 6.07 Å². The van der Waals surface area contributed by atoms with Crippen molar-refractivity contribution in [1.29, 1.82) is 0 Å². The number of ether oxygens (including phenoxy) is 1. The molecule has 2 aromatic carbocycles. The van der Waals surface area contributed by atoms with Crippen molar-refractivity contribution in [3.05, 3.63) is 59.2 Å². The highest BCUT2D eigenvalue weighted by molar-refractivity contribution is 8.23. The quantitative estimate of drug-likeness (QED) is 0.217. The van der Waals surface area contributed by atoms with Crippen LogP contribution in [0.25, 0.3) is 5.76 Å². The van der Waals surface area contributed by atoms with Crippen LogP contribution in [0.2, 0.25) is 0 Å². The van der Waals surface area contributed by atoms with E-state index in [1.807, 2.05) is 18.2 Å². The van der Waals surface area contributed by atoms with Crippen LogP contribution < -0.4 is 10.6 Å². The van der Waals surface area contributed by atoms with Gasteiger partial charge in [0.2, 0.25) is 0 Å². The van der Waals surface area contributed by atoms with Gasteiger partial charge in [0.15, 0.2) is 11.6 Å². The molecule has 1 amide bonds. The van der Waals surface area contributed by atoms with Gasteiger partial charge in [-0.2, -0.15) is 0 Å². The first kappa shape index (κ1) is 29.6. The van der Waals surface area contributed by atoms with E-state index >= 15 is 0 Å². The number of anilines is 2. The summed E-state index contributed by atoms with van der Waals surface area (Å²) in [7, 11) is -3.79. The molecule has 216 valence electrons. The van der Waals surface area contributed by atoms with Gasteiger partial charge in [-0.05, 0) is 57.4 Å². The minimum Gasteiger partial charge on any atom is -0.506 e. The highest BCUT2D eigenvalue weighted by atomic mass is 32.3. The van der Waals surface area contributed by atoms with Gasteiger partial charge in [0.25, 0.3) is 0 Å². The fraction of sp³-hybridized carbons (Fsp3) is 0.433. The lowest BCUT2D eigenvalue weighted by Gasteiger charge is -2.40. The molecule has 4 rings (SSSR count). The zero-order valence-electron chi connectivity index (χ0n) is 23.7. The maximum absolute atomic E-state index is 14.4. The van der Waals surface area contributed by atoms with Gasteiger partial charge in [0.1, 0.15) is 21.8 Å². The van der Waals surface area contributed by atoms with Gasteiger partial charge in [-0.1, -0.05) is 74.6 Å². The molecule has 5 N–H and O–H groups in total. The Kier molecular flexibility index (Phi) is 8.35. The van der Waals surface area contributed by atoms with E-state index in [4.69, 9.17) is 4.74 Å². The van der Waals surface area contributed by atoms with Crippen LogP contribution in [0.3, 0.4) is 0 Å². The summed E-state index contributed by atoms with van der Waals surface area (Å²) in [4.78, 5) is 26.7. The Balaban J connectivity index is 1.77.